The van der Waals surface area contributed by atoms with E-state index in [0.29, 0.717) is 23.1 Å². The van der Waals surface area contributed by atoms with Crippen molar-refractivity contribution >= 4 is 0 Å². The van der Waals surface area contributed by atoms with Crippen LogP contribution in [0, 0.1) is 0 Å². The SMILES string of the molecule is Oc1ccc(-c2nc(-c3ccccc3)nc(C3CCCCC3)n2)c(O)c1. The van der Waals surface area contributed by atoms with Crippen LogP contribution in [-0.4, -0.2) is 25.2 Å². The van der Waals surface area contributed by atoms with Crippen molar-refractivity contribution in [2.24, 2.45) is 0 Å². The molecule has 0 radical (unpaired) electrons. The first kappa shape index (κ1) is 16.5. The van der Waals surface area contributed by atoms with E-state index >= 15 is 0 Å². The lowest BCUT2D eigenvalue weighted by molar-refractivity contribution is 0.428. The molecular formula is C21H21N3O2. The molecule has 5 nitrogen and oxygen atoms in total. The molecular weight excluding hydrogens is 326 g/mol. The van der Waals surface area contributed by atoms with Gasteiger partial charge in [0.25, 0.3) is 0 Å². The molecule has 0 aliphatic heterocycles. The number of benzene rings is 2. The first-order valence-corrected chi connectivity index (χ1v) is 9.04. The van der Waals surface area contributed by atoms with E-state index in [2.05, 4.69) is 9.97 Å². The van der Waals surface area contributed by atoms with Gasteiger partial charge < -0.3 is 10.2 Å². The third kappa shape index (κ3) is 3.38. The van der Waals surface area contributed by atoms with E-state index in [4.69, 9.17) is 4.98 Å². The largest absolute Gasteiger partial charge is 0.508 e. The van der Waals surface area contributed by atoms with E-state index in [-0.39, 0.29) is 11.5 Å². The Bertz CT molecular complexity index is 906. The van der Waals surface area contributed by atoms with Gasteiger partial charge in [0.15, 0.2) is 11.6 Å². The second-order valence-corrected chi connectivity index (χ2v) is 6.74. The van der Waals surface area contributed by atoms with E-state index in [1.807, 2.05) is 30.3 Å². The molecule has 26 heavy (non-hydrogen) atoms. The van der Waals surface area contributed by atoms with E-state index < -0.39 is 0 Å². The minimum atomic E-state index is -0.0372. The van der Waals surface area contributed by atoms with Crippen LogP contribution in [0.3, 0.4) is 0 Å². The Morgan fingerprint density at radius 1 is 0.769 bits per heavy atom. The molecule has 2 N–H and O–H groups in total. The third-order valence-corrected chi connectivity index (χ3v) is 4.88. The molecule has 0 saturated heterocycles. The van der Waals surface area contributed by atoms with Crippen LogP contribution < -0.4 is 0 Å². The lowest BCUT2D eigenvalue weighted by atomic mass is 9.88. The number of hydrogen-bond donors (Lipinski definition) is 2. The smallest absolute Gasteiger partial charge is 0.167 e. The highest BCUT2D eigenvalue weighted by atomic mass is 16.3. The van der Waals surface area contributed by atoms with Crippen molar-refractivity contribution in [2.75, 3.05) is 0 Å². The molecule has 132 valence electrons. The van der Waals surface area contributed by atoms with Gasteiger partial charge in [0, 0.05) is 17.5 Å². The number of nitrogens with zero attached hydrogens (tertiary/aromatic N) is 3. The van der Waals surface area contributed by atoms with Gasteiger partial charge in [-0.2, -0.15) is 0 Å². The van der Waals surface area contributed by atoms with Crippen LogP contribution in [0.25, 0.3) is 22.8 Å². The average molecular weight is 347 g/mol. The summed E-state index contributed by atoms with van der Waals surface area (Å²) in [5.74, 6) is 2.15. The number of aromatic nitrogens is 3. The van der Waals surface area contributed by atoms with Crippen LogP contribution in [0.15, 0.2) is 48.5 Å². The topological polar surface area (TPSA) is 79.1 Å². The highest BCUT2D eigenvalue weighted by Crippen LogP contribution is 2.35. The Kier molecular flexibility index (Phi) is 4.52. The summed E-state index contributed by atoms with van der Waals surface area (Å²) in [6.07, 6.45) is 5.81. The predicted molar refractivity (Wildman–Crippen MR) is 99.9 cm³/mol. The fourth-order valence-electron chi connectivity index (χ4n) is 3.48. The van der Waals surface area contributed by atoms with E-state index in [1.54, 1.807) is 6.07 Å². The molecule has 0 atom stereocenters. The maximum atomic E-state index is 10.2. The fourth-order valence-corrected chi connectivity index (χ4v) is 3.48. The molecule has 1 fully saturated rings. The van der Waals surface area contributed by atoms with E-state index in [9.17, 15) is 10.2 Å². The lowest BCUT2D eigenvalue weighted by Gasteiger charge is -2.21. The van der Waals surface area contributed by atoms with Crippen molar-refractivity contribution in [1.82, 2.24) is 15.0 Å². The van der Waals surface area contributed by atoms with Crippen LogP contribution in [0.4, 0.5) is 0 Å². The van der Waals surface area contributed by atoms with Gasteiger partial charge in [0.2, 0.25) is 0 Å². The first-order valence-electron chi connectivity index (χ1n) is 9.04. The molecule has 1 aromatic heterocycles. The summed E-state index contributed by atoms with van der Waals surface area (Å²) in [6, 6.07) is 14.3. The zero-order valence-corrected chi connectivity index (χ0v) is 14.5. The maximum Gasteiger partial charge on any atom is 0.167 e. The Hall–Kier alpha value is -2.95. The summed E-state index contributed by atoms with van der Waals surface area (Å²) in [5.41, 5.74) is 1.42. The van der Waals surface area contributed by atoms with Crippen molar-refractivity contribution in [1.29, 1.82) is 0 Å². The van der Waals surface area contributed by atoms with Crippen LogP contribution in [0.1, 0.15) is 43.8 Å². The third-order valence-electron chi connectivity index (χ3n) is 4.88. The normalized spacial score (nSPS) is 15.1. The molecule has 5 heteroatoms. The summed E-state index contributed by atoms with van der Waals surface area (Å²) < 4.78 is 0. The highest BCUT2D eigenvalue weighted by molar-refractivity contribution is 5.67. The zero-order chi connectivity index (χ0) is 17.9. The summed E-state index contributed by atoms with van der Waals surface area (Å²) >= 11 is 0. The number of phenolic OH excluding ortho intramolecular Hbond substituents is 2. The molecule has 1 aliphatic rings. The summed E-state index contributed by atoms with van der Waals surface area (Å²) in [7, 11) is 0. The average Bonchev–Trinajstić information content (AvgIpc) is 2.69. The van der Waals surface area contributed by atoms with Crippen LogP contribution >= 0.6 is 0 Å². The molecule has 3 aromatic rings. The molecule has 1 saturated carbocycles. The summed E-state index contributed by atoms with van der Waals surface area (Å²) in [4.78, 5) is 14.0. The molecule has 4 rings (SSSR count). The van der Waals surface area contributed by atoms with Gasteiger partial charge in [-0.1, -0.05) is 49.6 Å². The van der Waals surface area contributed by atoms with Gasteiger partial charge in [-0.3, -0.25) is 0 Å². The molecule has 0 unspecified atom stereocenters. The van der Waals surface area contributed by atoms with Gasteiger partial charge in [0.1, 0.15) is 17.3 Å². The number of phenols is 2. The Balaban J connectivity index is 1.84. The predicted octanol–water partition coefficient (Wildman–Crippen LogP) is 4.66. The maximum absolute atomic E-state index is 10.2. The molecule has 1 heterocycles. The number of rotatable bonds is 3. The molecule has 0 bridgehead atoms. The van der Waals surface area contributed by atoms with Crippen LogP contribution in [0.5, 0.6) is 11.5 Å². The second kappa shape index (κ2) is 7.12. The van der Waals surface area contributed by atoms with Crippen molar-refractivity contribution < 1.29 is 10.2 Å². The quantitative estimate of drug-likeness (QED) is 0.720. The van der Waals surface area contributed by atoms with Crippen molar-refractivity contribution in [3.8, 4) is 34.3 Å². The van der Waals surface area contributed by atoms with Crippen molar-refractivity contribution in [3.05, 3.63) is 54.4 Å². The molecule has 2 aromatic carbocycles. The van der Waals surface area contributed by atoms with Crippen LogP contribution in [0.2, 0.25) is 0 Å². The van der Waals surface area contributed by atoms with Crippen molar-refractivity contribution in [3.63, 3.8) is 0 Å². The van der Waals surface area contributed by atoms with Crippen LogP contribution in [-0.2, 0) is 0 Å². The van der Waals surface area contributed by atoms with E-state index in [0.717, 1.165) is 24.2 Å². The Labute approximate surface area is 152 Å². The standard InChI is InChI=1S/C21H21N3O2/c25-16-11-12-17(18(26)13-16)21-23-19(14-7-3-1-4-8-14)22-20(24-21)15-9-5-2-6-10-15/h1,3-4,7-8,11-13,15,25-26H,2,5-6,9-10H2. The van der Waals surface area contributed by atoms with E-state index in [1.165, 1.54) is 31.4 Å². The summed E-state index contributed by atoms with van der Waals surface area (Å²) in [6.45, 7) is 0. The van der Waals surface area contributed by atoms with Gasteiger partial charge in [-0.25, -0.2) is 15.0 Å². The minimum Gasteiger partial charge on any atom is -0.508 e. The molecule has 1 aliphatic carbocycles. The minimum absolute atomic E-state index is 0.0103. The number of aromatic hydroxyl groups is 2. The summed E-state index contributed by atoms with van der Waals surface area (Å²) in [5, 5.41) is 19.8. The monoisotopic (exact) mass is 347 g/mol. The zero-order valence-electron chi connectivity index (χ0n) is 14.5. The van der Waals surface area contributed by atoms with Gasteiger partial charge in [0.05, 0.1) is 5.56 Å². The molecule has 0 amide bonds. The highest BCUT2D eigenvalue weighted by Gasteiger charge is 2.21. The van der Waals surface area contributed by atoms with Gasteiger partial charge in [-0.15, -0.1) is 0 Å². The lowest BCUT2D eigenvalue weighted by Crippen LogP contribution is -2.11. The molecule has 0 spiro atoms. The first-order chi connectivity index (χ1) is 12.7. The van der Waals surface area contributed by atoms with Gasteiger partial charge in [-0.05, 0) is 25.0 Å². The Morgan fingerprint density at radius 3 is 2.23 bits per heavy atom. The number of hydrogen-bond acceptors (Lipinski definition) is 5. The van der Waals surface area contributed by atoms with Crippen molar-refractivity contribution in [2.45, 2.75) is 38.0 Å². The second-order valence-electron chi connectivity index (χ2n) is 6.74. The van der Waals surface area contributed by atoms with Gasteiger partial charge >= 0.3 is 0 Å². The fraction of sp³-hybridized carbons (Fsp3) is 0.286. The Morgan fingerprint density at radius 2 is 1.50 bits per heavy atom.